The third kappa shape index (κ3) is 1.35. The molecule has 1 aromatic rings. The first-order valence-electron chi connectivity index (χ1n) is 3.72. The molecular formula is C8H10N4. The average Bonchev–Trinajstić information content (AvgIpc) is 2.05. The molecule has 1 rings (SSSR count). The second-order valence-corrected chi connectivity index (χ2v) is 2.45. The van der Waals surface area contributed by atoms with Crippen molar-refractivity contribution in [1.29, 1.82) is 5.26 Å². The molecular weight excluding hydrogens is 152 g/mol. The Balaban J connectivity index is 3.30. The molecule has 0 saturated carbocycles. The third-order valence-corrected chi connectivity index (χ3v) is 1.64. The Bertz CT molecular complexity index is 338. The molecule has 4 nitrogen and oxygen atoms in total. The van der Waals surface area contributed by atoms with Gasteiger partial charge in [-0.25, -0.2) is 9.97 Å². The molecule has 0 aliphatic rings. The minimum Gasteiger partial charge on any atom is -0.381 e. The van der Waals surface area contributed by atoms with Crippen LogP contribution in [-0.2, 0) is 6.42 Å². The lowest BCUT2D eigenvalue weighted by Crippen LogP contribution is -2.04. The number of aromatic nitrogens is 2. The van der Waals surface area contributed by atoms with Crippen LogP contribution in [0.3, 0.4) is 0 Å². The molecule has 0 aliphatic carbocycles. The summed E-state index contributed by atoms with van der Waals surface area (Å²) in [6, 6.07) is 1.90. The van der Waals surface area contributed by atoms with Crippen LogP contribution in [0.1, 0.15) is 24.0 Å². The molecule has 0 unspecified atom stereocenters. The first kappa shape index (κ1) is 8.47. The summed E-state index contributed by atoms with van der Waals surface area (Å²) in [6.07, 6.45) is 0.772. The summed E-state index contributed by atoms with van der Waals surface area (Å²) in [4.78, 5) is 8.07. The molecule has 0 spiro atoms. The van der Waals surface area contributed by atoms with E-state index in [9.17, 15) is 0 Å². The van der Waals surface area contributed by atoms with E-state index in [-0.39, 0.29) is 11.5 Å². The minimum absolute atomic E-state index is 0.215. The number of rotatable bonds is 1. The Morgan fingerprint density at radius 2 is 2.17 bits per heavy atom. The van der Waals surface area contributed by atoms with E-state index in [1.54, 1.807) is 0 Å². The van der Waals surface area contributed by atoms with E-state index >= 15 is 0 Å². The highest BCUT2D eigenvalue weighted by atomic mass is 14.9. The molecule has 62 valence electrons. The lowest BCUT2D eigenvalue weighted by Gasteiger charge is -2.02. The first-order valence-corrected chi connectivity index (χ1v) is 3.72. The van der Waals surface area contributed by atoms with Gasteiger partial charge in [-0.15, -0.1) is 0 Å². The van der Waals surface area contributed by atoms with Crippen molar-refractivity contribution in [2.24, 2.45) is 0 Å². The highest BCUT2D eigenvalue weighted by Crippen LogP contribution is 2.09. The summed E-state index contributed by atoms with van der Waals surface area (Å²) in [7, 11) is 0. The predicted molar refractivity (Wildman–Crippen MR) is 45.3 cm³/mol. The van der Waals surface area contributed by atoms with Gasteiger partial charge in [-0.3, -0.25) is 0 Å². The van der Waals surface area contributed by atoms with Crippen LogP contribution in [0.15, 0.2) is 0 Å². The fourth-order valence-corrected chi connectivity index (χ4v) is 0.988. The molecule has 0 aliphatic heterocycles. The quantitative estimate of drug-likeness (QED) is 0.662. The molecule has 0 atom stereocenters. The van der Waals surface area contributed by atoms with Crippen molar-refractivity contribution in [3.05, 3.63) is 17.1 Å². The number of hydrogen-bond donors (Lipinski definition) is 1. The summed E-state index contributed by atoms with van der Waals surface area (Å²) in [5.41, 5.74) is 7.31. The Morgan fingerprint density at radius 1 is 1.50 bits per heavy atom. The lowest BCUT2D eigenvalue weighted by molar-refractivity contribution is 0.952. The standard InChI is InChI=1S/C8H10N4/c1-3-6-5(2)11-8(10)7(4-9)12-6/h3H2,1-2H3,(H2,10,11). The number of aryl methyl sites for hydroxylation is 2. The van der Waals surface area contributed by atoms with Gasteiger partial charge in [0.15, 0.2) is 11.5 Å². The molecule has 0 bridgehead atoms. The van der Waals surface area contributed by atoms with Gasteiger partial charge in [0.25, 0.3) is 0 Å². The Morgan fingerprint density at radius 3 is 2.67 bits per heavy atom. The number of nitrogens with two attached hydrogens (primary N) is 1. The zero-order valence-corrected chi connectivity index (χ0v) is 7.13. The number of anilines is 1. The average molecular weight is 162 g/mol. The zero-order chi connectivity index (χ0) is 9.14. The largest absolute Gasteiger partial charge is 0.381 e. The van der Waals surface area contributed by atoms with E-state index in [0.717, 1.165) is 17.8 Å². The molecule has 4 heteroatoms. The van der Waals surface area contributed by atoms with Gasteiger partial charge in [0.1, 0.15) is 6.07 Å². The monoisotopic (exact) mass is 162 g/mol. The van der Waals surface area contributed by atoms with Gasteiger partial charge < -0.3 is 5.73 Å². The molecule has 0 fully saturated rings. The highest BCUT2D eigenvalue weighted by Gasteiger charge is 2.05. The first-order chi connectivity index (χ1) is 5.69. The maximum Gasteiger partial charge on any atom is 0.183 e. The van der Waals surface area contributed by atoms with Crippen molar-refractivity contribution in [3.63, 3.8) is 0 Å². The van der Waals surface area contributed by atoms with Crippen LogP contribution >= 0.6 is 0 Å². The zero-order valence-electron chi connectivity index (χ0n) is 7.13. The predicted octanol–water partition coefficient (Wildman–Crippen LogP) is 0.801. The van der Waals surface area contributed by atoms with Crippen LogP contribution in [0.25, 0.3) is 0 Å². The fraction of sp³-hybridized carbons (Fsp3) is 0.375. The number of nitrogens with zero attached hydrogens (tertiary/aromatic N) is 3. The highest BCUT2D eigenvalue weighted by molar-refractivity contribution is 5.44. The van der Waals surface area contributed by atoms with Gasteiger partial charge in [0, 0.05) is 0 Å². The fourth-order valence-electron chi connectivity index (χ4n) is 0.988. The summed E-state index contributed by atoms with van der Waals surface area (Å²) in [5.74, 6) is 0.215. The van der Waals surface area contributed by atoms with Crippen LogP contribution < -0.4 is 5.73 Å². The van der Waals surface area contributed by atoms with Crippen LogP contribution in [0.4, 0.5) is 5.82 Å². The third-order valence-electron chi connectivity index (χ3n) is 1.64. The van der Waals surface area contributed by atoms with Crippen molar-refractivity contribution < 1.29 is 0 Å². The van der Waals surface area contributed by atoms with E-state index in [2.05, 4.69) is 9.97 Å². The molecule has 0 amide bonds. The van der Waals surface area contributed by atoms with Gasteiger partial charge in [0.2, 0.25) is 0 Å². The number of nitriles is 1. The Hall–Kier alpha value is -1.63. The van der Waals surface area contributed by atoms with E-state index in [4.69, 9.17) is 11.0 Å². The van der Waals surface area contributed by atoms with E-state index in [1.807, 2.05) is 19.9 Å². The van der Waals surface area contributed by atoms with Gasteiger partial charge >= 0.3 is 0 Å². The maximum atomic E-state index is 8.60. The van der Waals surface area contributed by atoms with Gasteiger partial charge in [-0.05, 0) is 13.3 Å². The smallest absolute Gasteiger partial charge is 0.183 e. The van der Waals surface area contributed by atoms with Crippen LogP contribution in [-0.4, -0.2) is 9.97 Å². The molecule has 0 saturated heterocycles. The van der Waals surface area contributed by atoms with Crippen LogP contribution in [0.2, 0.25) is 0 Å². The summed E-state index contributed by atoms with van der Waals surface area (Å²) >= 11 is 0. The van der Waals surface area contributed by atoms with Crippen molar-refractivity contribution >= 4 is 5.82 Å². The van der Waals surface area contributed by atoms with Gasteiger partial charge in [-0.2, -0.15) is 5.26 Å². The Kier molecular flexibility index (Phi) is 2.24. The van der Waals surface area contributed by atoms with E-state index in [0.29, 0.717) is 0 Å². The van der Waals surface area contributed by atoms with Crippen molar-refractivity contribution in [2.75, 3.05) is 5.73 Å². The van der Waals surface area contributed by atoms with Gasteiger partial charge in [0.05, 0.1) is 11.4 Å². The molecule has 12 heavy (non-hydrogen) atoms. The minimum atomic E-state index is 0.215. The van der Waals surface area contributed by atoms with E-state index < -0.39 is 0 Å². The second kappa shape index (κ2) is 3.18. The normalized spacial score (nSPS) is 9.42. The summed E-state index contributed by atoms with van der Waals surface area (Å²) in [6.45, 7) is 3.80. The summed E-state index contributed by atoms with van der Waals surface area (Å²) < 4.78 is 0. The maximum absolute atomic E-state index is 8.60. The van der Waals surface area contributed by atoms with Gasteiger partial charge in [-0.1, -0.05) is 6.92 Å². The van der Waals surface area contributed by atoms with E-state index in [1.165, 1.54) is 0 Å². The molecule has 2 N–H and O–H groups in total. The SMILES string of the molecule is CCc1nc(C#N)c(N)nc1C. The van der Waals surface area contributed by atoms with Crippen molar-refractivity contribution in [3.8, 4) is 6.07 Å². The van der Waals surface area contributed by atoms with Crippen molar-refractivity contribution in [1.82, 2.24) is 9.97 Å². The molecule has 1 heterocycles. The number of nitrogen functional groups attached to an aromatic ring is 1. The molecule has 1 aromatic heterocycles. The molecule has 0 radical (unpaired) electrons. The summed E-state index contributed by atoms with van der Waals surface area (Å²) in [5, 5.41) is 8.60. The second-order valence-electron chi connectivity index (χ2n) is 2.45. The Labute approximate surface area is 71.1 Å². The lowest BCUT2D eigenvalue weighted by atomic mass is 10.2. The number of hydrogen-bond acceptors (Lipinski definition) is 4. The van der Waals surface area contributed by atoms with Crippen LogP contribution in [0.5, 0.6) is 0 Å². The topological polar surface area (TPSA) is 75.6 Å². The van der Waals surface area contributed by atoms with Crippen molar-refractivity contribution in [2.45, 2.75) is 20.3 Å². The van der Waals surface area contributed by atoms with Crippen LogP contribution in [0, 0.1) is 18.3 Å². The molecule has 0 aromatic carbocycles.